The highest BCUT2D eigenvalue weighted by atomic mass is 19.1. The minimum absolute atomic E-state index is 0.211. The van der Waals surface area contributed by atoms with E-state index in [1.54, 1.807) is 24.3 Å². The molecule has 0 bridgehead atoms. The van der Waals surface area contributed by atoms with Crippen LogP contribution in [0.25, 0.3) is 5.57 Å². The van der Waals surface area contributed by atoms with Crippen LogP contribution in [-0.2, 0) is 0 Å². The molecule has 2 heterocycles. The zero-order chi connectivity index (χ0) is 19.8. The van der Waals surface area contributed by atoms with Crippen LogP contribution in [-0.4, -0.2) is 30.7 Å². The molecule has 1 spiro atoms. The Morgan fingerprint density at radius 1 is 0.724 bits per heavy atom. The number of benzene rings is 2. The van der Waals surface area contributed by atoms with E-state index in [0.29, 0.717) is 5.92 Å². The van der Waals surface area contributed by atoms with Gasteiger partial charge < -0.3 is 4.48 Å². The Balaban J connectivity index is 1.61. The molecule has 1 aliphatic carbocycles. The maximum absolute atomic E-state index is 13.6. The first-order valence-electron chi connectivity index (χ1n) is 11.2. The minimum Gasteiger partial charge on any atom is -0.323 e. The molecule has 3 aliphatic rings. The first-order valence-corrected chi connectivity index (χ1v) is 11.2. The fraction of sp³-hybridized carbons (Fsp3) is 0.462. The van der Waals surface area contributed by atoms with Crippen molar-refractivity contribution in [2.45, 2.75) is 38.5 Å². The van der Waals surface area contributed by atoms with Gasteiger partial charge in [0.25, 0.3) is 0 Å². The first kappa shape index (κ1) is 19.0. The third-order valence-electron chi connectivity index (χ3n) is 7.60. The topological polar surface area (TPSA) is 0 Å². The number of fused-ring (bicyclic) bond motifs is 1. The van der Waals surface area contributed by atoms with Crippen LogP contribution in [0.1, 0.15) is 49.7 Å². The van der Waals surface area contributed by atoms with E-state index in [4.69, 9.17) is 0 Å². The second-order valence-electron chi connectivity index (χ2n) is 9.39. The summed E-state index contributed by atoms with van der Waals surface area (Å²) in [6.45, 7) is 5.26. The van der Waals surface area contributed by atoms with Gasteiger partial charge in [0.1, 0.15) is 11.6 Å². The molecule has 5 rings (SSSR count). The average molecular weight is 395 g/mol. The number of halogens is 2. The van der Waals surface area contributed by atoms with Crippen LogP contribution in [0.15, 0.2) is 54.1 Å². The molecule has 2 atom stereocenters. The Bertz CT molecular complexity index is 844. The molecule has 2 aliphatic heterocycles. The number of piperidine rings is 1. The smallest absolute Gasteiger partial charge is 0.123 e. The predicted molar refractivity (Wildman–Crippen MR) is 113 cm³/mol. The van der Waals surface area contributed by atoms with Crippen molar-refractivity contribution in [3.63, 3.8) is 0 Å². The lowest BCUT2D eigenvalue weighted by molar-refractivity contribution is -0.923. The van der Waals surface area contributed by atoms with Gasteiger partial charge in [0, 0.05) is 11.8 Å². The quantitative estimate of drug-likeness (QED) is 0.532. The van der Waals surface area contributed by atoms with Crippen LogP contribution in [0.2, 0.25) is 0 Å². The summed E-state index contributed by atoms with van der Waals surface area (Å²) in [7, 11) is 0. The van der Waals surface area contributed by atoms with Gasteiger partial charge in [-0.25, -0.2) is 8.78 Å². The molecule has 0 radical (unpaired) electrons. The maximum atomic E-state index is 13.6. The van der Waals surface area contributed by atoms with Gasteiger partial charge >= 0.3 is 0 Å². The van der Waals surface area contributed by atoms with Crippen molar-refractivity contribution in [3.05, 3.63) is 76.9 Å². The van der Waals surface area contributed by atoms with E-state index in [1.807, 2.05) is 24.3 Å². The van der Waals surface area contributed by atoms with E-state index in [0.717, 1.165) is 23.5 Å². The highest BCUT2D eigenvalue weighted by Gasteiger charge is 2.48. The molecule has 3 heteroatoms. The van der Waals surface area contributed by atoms with Crippen LogP contribution in [0.3, 0.4) is 0 Å². The maximum Gasteiger partial charge on any atom is 0.123 e. The van der Waals surface area contributed by atoms with Gasteiger partial charge in [-0.3, -0.25) is 0 Å². The van der Waals surface area contributed by atoms with Crippen LogP contribution in [0.4, 0.5) is 8.78 Å². The number of quaternary nitrogens is 1. The van der Waals surface area contributed by atoms with Crippen LogP contribution < -0.4 is 0 Å². The summed E-state index contributed by atoms with van der Waals surface area (Å²) in [6, 6.07) is 13.8. The molecule has 0 amide bonds. The van der Waals surface area contributed by atoms with E-state index < -0.39 is 0 Å². The molecule has 2 aromatic carbocycles. The fourth-order valence-electron chi connectivity index (χ4n) is 6.32. The second kappa shape index (κ2) is 7.68. The number of nitrogens with zero attached hydrogens (tertiary/aromatic N) is 1. The van der Waals surface area contributed by atoms with E-state index in [-0.39, 0.29) is 11.6 Å². The third kappa shape index (κ3) is 3.66. The first-order chi connectivity index (χ1) is 14.1. The minimum atomic E-state index is -0.211. The van der Waals surface area contributed by atoms with E-state index in [2.05, 4.69) is 0 Å². The Morgan fingerprint density at radius 3 is 1.90 bits per heavy atom. The largest absolute Gasteiger partial charge is 0.323 e. The fourth-order valence-corrected chi connectivity index (χ4v) is 6.32. The van der Waals surface area contributed by atoms with E-state index in [1.165, 1.54) is 73.9 Å². The summed E-state index contributed by atoms with van der Waals surface area (Å²) in [5.41, 5.74) is 4.87. The zero-order valence-corrected chi connectivity index (χ0v) is 17.0. The molecule has 0 aromatic heterocycles. The molecular weight excluding hydrogens is 364 g/mol. The zero-order valence-electron chi connectivity index (χ0n) is 17.0. The molecule has 2 aromatic rings. The molecule has 1 saturated carbocycles. The molecular formula is C26H30F2N+. The van der Waals surface area contributed by atoms with Crippen LogP contribution >= 0.6 is 0 Å². The monoisotopic (exact) mass is 394 g/mol. The van der Waals surface area contributed by atoms with Crippen LogP contribution in [0, 0.1) is 23.5 Å². The third-order valence-corrected chi connectivity index (χ3v) is 7.60. The van der Waals surface area contributed by atoms with Crippen molar-refractivity contribution >= 4 is 5.57 Å². The highest BCUT2D eigenvalue weighted by Crippen LogP contribution is 2.47. The standard InChI is InChI=1S/C26H30F2N/c27-22-11-7-19(8-12-22)26(20-9-13-23(28)14-10-20)24-6-4-5-21-17-29(18-25(21)24)15-2-1-3-16-29/h7-14,21,25H,1-6,15-18H2/q+1. The average Bonchev–Trinajstić information content (AvgIpc) is 3.09. The number of hydrogen-bond acceptors (Lipinski definition) is 0. The van der Waals surface area contributed by atoms with Crippen molar-refractivity contribution in [1.82, 2.24) is 0 Å². The van der Waals surface area contributed by atoms with Gasteiger partial charge in [-0.1, -0.05) is 29.8 Å². The molecule has 2 unspecified atom stereocenters. The second-order valence-corrected chi connectivity index (χ2v) is 9.39. The lowest BCUT2D eigenvalue weighted by Gasteiger charge is -2.38. The number of hydrogen-bond donors (Lipinski definition) is 0. The molecule has 1 nitrogen and oxygen atoms in total. The van der Waals surface area contributed by atoms with E-state index in [9.17, 15) is 8.78 Å². The summed E-state index contributed by atoms with van der Waals surface area (Å²) in [5, 5.41) is 0. The summed E-state index contributed by atoms with van der Waals surface area (Å²) in [4.78, 5) is 0. The van der Waals surface area contributed by atoms with Crippen molar-refractivity contribution in [2.24, 2.45) is 11.8 Å². The van der Waals surface area contributed by atoms with Gasteiger partial charge in [0.05, 0.1) is 26.2 Å². The number of rotatable bonds is 2. The Labute approximate surface area is 172 Å². The van der Waals surface area contributed by atoms with Crippen molar-refractivity contribution in [1.29, 1.82) is 0 Å². The van der Waals surface area contributed by atoms with Crippen molar-refractivity contribution in [3.8, 4) is 0 Å². The van der Waals surface area contributed by atoms with E-state index >= 15 is 0 Å². The van der Waals surface area contributed by atoms with Gasteiger partial charge in [-0.15, -0.1) is 0 Å². The SMILES string of the molecule is Fc1ccc(C(=C2CCCC3C[N+]4(CCCCC4)CC23)c2ccc(F)cc2)cc1. The highest BCUT2D eigenvalue weighted by molar-refractivity contribution is 5.82. The lowest BCUT2D eigenvalue weighted by atomic mass is 9.74. The summed E-state index contributed by atoms with van der Waals surface area (Å²) in [5.74, 6) is 0.939. The predicted octanol–water partition coefficient (Wildman–Crippen LogP) is 6.20. The molecule has 3 fully saturated rings. The van der Waals surface area contributed by atoms with Gasteiger partial charge in [0.2, 0.25) is 0 Å². The lowest BCUT2D eigenvalue weighted by Crippen LogP contribution is -2.49. The normalized spacial score (nSPS) is 25.8. The van der Waals surface area contributed by atoms with Crippen LogP contribution in [0.5, 0.6) is 0 Å². The van der Waals surface area contributed by atoms with Gasteiger partial charge in [0.15, 0.2) is 0 Å². The van der Waals surface area contributed by atoms with Gasteiger partial charge in [-0.05, 0) is 79.5 Å². The summed E-state index contributed by atoms with van der Waals surface area (Å²) in [6.07, 6.45) is 7.76. The van der Waals surface area contributed by atoms with Crippen molar-refractivity contribution < 1.29 is 13.3 Å². The Kier molecular flexibility index (Phi) is 5.03. The molecule has 29 heavy (non-hydrogen) atoms. The van der Waals surface area contributed by atoms with Gasteiger partial charge in [-0.2, -0.15) is 0 Å². The Hall–Kier alpha value is -2.00. The van der Waals surface area contributed by atoms with Crippen molar-refractivity contribution in [2.75, 3.05) is 26.2 Å². The summed E-state index contributed by atoms with van der Waals surface area (Å²) < 4.78 is 28.6. The molecule has 152 valence electrons. The summed E-state index contributed by atoms with van der Waals surface area (Å²) >= 11 is 0. The Morgan fingerprint density at radius 2 is 1.31 bits per heavy atom. The molecule has 0 N–H and O–H groups in total. The molecule has 2 saturated heterocycles.